The summed E-state index contributed by atoms with van der Waals surface area (Å²) in [6, 6.07) is 7.35. The summed E-state index contributed by atoms with van der Waals surface area (Å²) in [6.07, 6.45) is 5.48. The highest BCUT2D eigenvalue weighted by atomic mass is 35.5. The van der Waals surface area contributed by atoms with Gasteiger partial charge in [-0.15, -0.1) is 10.2 Å². The fourth-order valence-electron chi connectivity index (χ4n) is 1.70. The van der Waals surface area contributed by atoms with Crippen LogP contribution in [0.25, 0.3) is 6.08 Å². The second kappa shape index (κ2) is 5.73. The molecule has 0 saturated heterocycles. The summed E-state index contributed by atoms with van der Waals surface area (Å²) in [4.78, 5) is 11.8. The number of nitrogens with one attached hydrogen (secondary N) is 1. The Morgan fingerprint density at radius 1 is 1.35 bits per heavy atom. The number of rotatable bonds is 4. The standard InChI is InChI=1S/C14H12ClN3OS/c15-11-4-2-1-3-9(11)7-8-12(19)16-14-18-17-13(20-14)10-5-6-10/h1-4,7-8,10H,5-6H2,(H,16,18,19)/b8-7+. The van der Waals surface area contributed by atoms with Crippen LogP contribution in [0.4, 0.5) is 5.13 Å². The van der Waals surface area contributed by atoms with E-state index in [1.807, 2.05) is 18.2 Å². The zero-order valence-electron chi connectivity index (χ0n) is 10.5. The maximum absolute atomic E-state index is 11.8. The number of aromatic nitrogens is 2. The lowest BCUT2D eigenvalue weighted by molar-refractivity contribution is -0.111. The van der Waals surface area contributed by atoms with Crippen LogP contribution in [0, 0.1) is 0 Å². The molecule has 1 saturated carbocycles. The van der Waals surface area contributed by atoms with Crippen molar-refractivity contribution in [2.45, 2.75) is 18.8 Å². The van der Waals surface area contributed by atoms with Crippen molar-refractivity contribution in [3.63, 3.8) is 0 Å². The number of halogens is 1. The first-order chi connectivity index (χ1) is 9.72. The lowest BCUT2D eigenvalue weighted by Crippen LogP contribution is -2.07. The smallest absolute Gasteiger partial charge is 0.250 e. The SMILES string of the molecule is O=C(/C=C/c1ccccc1Cl)Nc1nnc(C2CC2)s1. The Hall–Kier alpha value is -1.72. The summed E-state index contributed by atoms with van der Waals surface area (Å²) in [5.41, 5.74) is 0.806. The van der Waals surface area contributed by atoms with Crippen molar-refractivity contribution in [3.8, 4) is 0 Å². The normalized spacial score (nSPS) is 14.7. The maximum atomic E-state index is 11.8. The molecule has 0 atom stereocenters. The van der Waals surface area contributed by atoms with Gasteiger partial charge in [-0.2, -0.15) is 0 Å². The Kier molecular flexibility index (Phi) is 3.80. The quantitative estimate of drug-likeness (QED) is 0.876. The van der Waals surface area contributed by atoms with Crippen molar-refractivity contribution in [2.75, 3.05) is 5.32 Å². The van der Waals surface area contributed by atoms with Gasteiger partial charge >= 0.3 is 0 Å². The molecule has 1 fully saturated rings. The second-order valence-electron chi connectivity index (χ2n) is 4.56. The average molecular weight is 306 g/mol. The van der Waals surface area contributed by atoms with E-state index in [9.17, 15) is 4.79 Å². The molecule has 1 N–H and O–H groups in total. The monoisotopic (exact) mass is 305 g/mol. The van der Waals surface area contributed by atoms with Gasteiger partial charge in [0.15, 0.2) is 0 Å². The Morgan fingerprint density at radius 3 is 2.90 bits per heavy atom. The fourth-order valence-corrected chi connectivity index (χ4v) is 2.82. The number of anilines is 1. The van der Waals surface area contributed by atoms with Gasteiger partial charge < -0.3 is 0 Å². The van der Waals surface area contributed by atoms with Gasteiger partial charge in [0.1, 0.15) is 5.01 Å². The summed E-state index contributed by atoms with van der Waals surface area (Å²) in [5, 5.41) is 12.9. The molecule has 3 rings (SSSR count). The van der Waals surface area contributed by atoms with E-state index in [1.165, 1.54) is 30.3 Å². The van der Waals surface area contributed by atoms with Crippen LogP contribution in [0.1, 0.15) is 29.3 Å². The Labute approximate surface area is 125 Å². The van der Waals surface area contributed by atoms with Gasteiger partial charge in [0.2, 0.25) is 11.0 Å². The van der Waals surface area contributed by atoms with Gasteiger partial charge in [0, 0.05) is 17.0 Å². The largest absolute Gasteiger partial charge is 0.297 e. The highest BCUT2D eigenvalue weighted by Gasteiger charge is 2.27. The molecule has 1 aliphatic rings. The molecule has 0 aliphatic heterocycles. The van der Waals surface area contributed by atoms with E-state index in [4.69, 9.17) is 11.6 Å². The molecule has 1 aliphatic carbocycles. The lowest BCUT2D eigenvalue weighted by Gasteiger charge is -1.97. The molecule has 1 amide bonds. The molecule has 6 heteroatoms. The highest BCUT2D eigenvalue weighted by Crippen LogP contribution is 2.42. The molecule has 1 aromatic carbocycles. The van der Waals surface area contributed by atoms with Gasteiger partial charge in [-0.05, 0) is 30.5 Å². The molecule has 0 bridgehead atoms. The van der Waals surface area contributed by atoms with E-state index >= 15 is 0 Å². The lowest BCUT2D eigenvalue weighted by atomic mass is 10.2. The first kappa shape index (κ1) is 13.3. The number of hydrogen-bond donors (Lipinski definition) is 1. The van der Waals surface area contributed by atoms with Crippen LogP contribution in [0.2, 0.25) is 5.02 Å². The first-order valence-electron chi connectivity index (χ1n) is 6.29. The number of hydrogen-bond acceptors (Lipinski definition) is 4. The minimum absolute atomic E-state index is 0.233. The third kappa shape index (κ3) is 3.23. The number of carbonyl (C=O) groups is 1. The summed E-state index contributed by atoms with van der Waals surface area (Å²) < 4.78 is 0. The highest BCUT2D eigenvalue weighted by molar-refractivity contribution is 7.15. The zero-order valence-corrected chi connectivity index (χ0v) is 12.1. The van der Waals surface area contributed by atoms with E-state index in [1.54, 1.807) is 12.1 Å². The molecule has 2 aromatic rings. The minimum atomic E-state index is -0.233. The molecule has 0 unspecified atom stereocenters. The molecule has 0 radical (unpaired) electrons. The fraction of sp³-hybridized carbons (Fsp3) is 0.214. The van der Waals surface area contributed by atoms with Crippen molar-refractivity contribution >= 4 is 40.1 Å². The third-order valence-electron chi connectivity index (χ3n) is 2.92. The van der Waals surface area contributed by atoms with E-state index in [0.717, 1.165) is 10.6 Å². The first-order valence-corrected chi connectivity index (χ1v) is 7.49. The number of carbonyl (C=O) groups excluding carboxylic acids is 1. The van der Waals surface area contributed by atoms with Gasteiger partial charge in [-0.25, -0.2) is 0 Å². The molecular weight excluding hydrogens is 294 g/mol. The molecule has 1 heterocycles. The molecule has 1 aromatic heterocycles. The summed E-state index contributed by atoms with van der Waals surface area (Å²) in [6.45, 7) is 0. The van der Waals surface area contributed by atoms with Crippen molar-refractivity contribution in [1.29, 1.82) is 0 Å². The average Bonchev–Trinajstić information content (AvgIpc) is 3.19. The van der Waals surface area contributed by atoms with Gasteiger partial charge in [0.25, 0.3) is 0 Å². The van der Waals surface area contributed by atoms with Crippen LogP contribution in [0.5, 0.6) is 0 Å². The molecule has 4 nitrogen and oxygen atoms in total. The van der Waals surface area contributed by atoms with Crippen molar-refractivity contribution in [3.05, 3.63) is 45.9 Å². The van der Waals surface area contributed by atoms with Gasteiger partial charge in [0.05, 0.1) is 0 Å². The van der Waals surface area contributed by atoms with Gasteiger partial charge in [-0.3, -0.25) is 10.1 Å². The molecule has 20 heavy (non-hydrogen) atoms. The van der Waals surface area contributed by atoms with Gasteiger partial charge in [-0.1, -0.05) is 41.1 Å². The van der Waals surface area contributed by atoms with Crippen LogP contribution in [-0.4, -0.2) is 16.1 Å². The van der Waals surface area contributed by atoms with Crippen LogP contribution in [0.3, 0.4) is 0 Å². The van der Waals surface area contributed by atoms with Crippen LogP contribution >= 0.6 is 22.9 Å². The molecule has 102 valence electrons. The Balaban J connectivity index is 1.62. The van der Waals surface area contributed by atoms with Crippen molar-refractivity contribution in [2.24, 2.45) is 0 Å². The number of benzene rings is 1. The van der Waals surface area contributed by atoms with Crippen molar-refractivity contribution < 1.29 is 4.79 Å². The Bertz CT molecular complexity index is 664. The minimum Gasteiger partial charge on any atom is -0.297 e. The van der Waals surface area contributed by atoms with E-state index in [-0.39, 0.29) is 5.91 Å². The zero-order chi connectivity index (χ0) is 13.9. The molecular formula is C14H12ClN3OS. The second-order valence-corrected chi connectivity index (χ2v) is 5.98. The number of amides is 1. The van der Waals surface area contributed by atoms with Crippen LogP contribution in [0.15, 0.2) is 30.3 Å². The van der Waals surface area contributed by atoms with Crippen LogP contribution in [-0.2, 0) is 4.79 Å². The summed E-state index contributed by atoms with van der Waals surface area (Å²) >= 11 is 7.45. The predicted molar refractivity (Wildman–Crippen MR) is 81.0 cm³/mol. The van der Waals surface area contributed by atoms with Crippen LogP contribution < -0.4 is 5.32 Å². The number of nitrogens with zero attached hydrogens (tertiary/aromatic N) is 2. The predicted octanol–water partition coefficient (Wildman–Crippen LogP) is 3.72. The summed E-state index contributed by atoms with van der Waals surface area (Å²) in [5.74, 6) is 0.320. The summed E-state index contributed by atoms with van der Waals surface area (Å²) in [7, 11) is 0. The Morgan fingerprint density at radius 2 is 2.15 bits per heavy atom. The van der Waals surface area contributed by atoms with Crippen molar-refractivity contribution in [1.82, 2.24) is 10.2 Å². The van der Waals surface area contributed by atoms with E-state index < -0.39 is 0 Å². The van der Waals surface area contributed by atoms with E-state index in [2.05, 4.69) is 15.5 Å². The molecule has 0 spiro atoms. The third-order valence-corrected chi connectivity index (χ3v) is 4.26. The van der Waals surface area contributed by atoms with E-state index in [0.29, 0.717) is 16.1 Å². The maximum Gasteiger partial charge on any atom is 0.250 e. The topological polar surface area (TPSA) is 54.9 Å².